The van der Waals surface area contributed by atoms with Gasteiger partial charge in [-0.3, -0.25) is 0 Å². The smallest absolute Gasteiger partial charge is 0.150 e. The fraction of sp³-hybridized carbons (Fsp3) is 0.188. The molecule has 1 aliphatic rings. The first-order valence-corrected chi connectivity index (χ1v) is 6.33. The first-order valence-electron chi connectivity index (χ1n) is 6.33. The maximum atomic E-state index is 9.14. The Morgan fingerprint density at radius 3 is 2.74 bits per heavy atom. The van der Waals surface area contributed by atoms with Crippen LogP contribution in [0.4, 0.5) is 5.69 Å². The van der Waals surface area contributed by atoms with E-state index >= 15 is 0 Å². The molecule has 3 nitrogen and oxygen atoms in total. The summed E-state index contributed by atoms with van der Waals surface area (Å²) in [5.74, 6) is 1.35. The number of hydrogen-bond acceptors (Lipinski definition) is 3. The van der Waals surface area contributed by atoms with Crippen LogP contribution in [0.15, 0.2) is 42.5 Å². The Morgan fingerprint density at radius 2 is 2.00 bits per heavy atom. The fourth-order valence-electron chi connectivity index (χ4n) is 2.49. The fourth-order valence-corrected chi connectivity index (χ4v) is 2.49. The van der Waals surface area contributed by atoms with Crippen molar-refractivity contribution in [1.29, 1.82) is 5.26 Å². The quantitative estimate of drug-likeness (QED) is 0.828. The van der Waals surface area contributed by atoms with E-state index in [1.165, 1.54) is 5.56 Å². The lowest BCUT2D eigenvalue weighted by molar-refractivity contribution is 0.484. The third-order valence-electron chi connectivity index (χ3n) is 3.48. The molecule has 0 spiro atoms. The van der Waals surface area contributed by atoms with Crippen LogP contribution in [0.3, 0.4) is 0 Å². The Bertz CT molecular complexity index is 644. The standard InChI is InChI=1S/C16H14N2O/c17-10-12-7-6-11-8-15(18)16(9-14(11)12)19-13-4-2-1-3-5-13/h1-5,8-9,12H,6-7,18H2. The minimum absolute atomic E-state index is 0.0336. The van der Waals surface area contributed by atoms with Crippen molar-refractivity contribution in [3.05, 3.63) is 53.6 Å². The van der Waals surface area contributed by atoms with Gasteiger partial charge < -0.3 is 10.5 Å². The summed E-state index contributed by atoms with van der Waals surface area (Å²) >= 11 is 0. The lowest BCUT2D eigenvalue weighted by Gasteiger charge is -2.11. The second-order valence-electron chi connectivity index (χ2n) is 4.72. The molecular weight excluding hydrogens is 236 g/mol. The van der Waals surface area contributed by atoms with E-state index in [1.54, 1.807) is 0 Å². The largest absolute Gasteiger partial charge is 0.455 e. The third kappa shape index (κ3) is 2.13. The number of ether oxygens (including phenoxy) is 1. The van der Waals surface area contributed by atoms with E-state index in [0.717, 1.165) is 24.2 Å². The number of nitrogens with two attached hydrogens (primary N) is 1. The molecule has 0 saturated carbocycles. The number of fused-ring (bicyclic) bond motifs is 1. The van der Waals surface area contributed by atoms with Crippen molar-refractivity contribution in [2.45, 2.75) is 18.8 Å². The van der Waals surface area contributed by atoms with Gasteiger partial charge in [-0.25, -0.2) is 0 Å². The highest BCUT2D eigenvalue weighted by Gasteiger charge is 2.24. The van der Waals surface area contributed by atoms with Crippen LogP contribution in [-0.4, -0.2) is 0 Å². The summed E-state index contributed by atoms with van der Waals surface area (Å²) in [7, 11) is 0. The first kappa shape index (κ1) is 11.6. The maximum absolute atomic E-state index is 9.14. The molecule has 0 saturated heterocycles. The molecule has 0 aromatic heterocycles. The molecule has 1 unspecified atom stereocenters. The van der Waals surface area contributed by atoms with Gasteiger partial charge >= 0.3 is 0 Å². The summed E-state index contributed by atoms with van der Waals surface area (Å²) in [6, 6.07) is 15.7. The van der Waals surface area contributed by atoms with Gasteiger partial charge in [0.05, 0.1) is 17.7 Å². The van der Waals surface area contributed by atoms with Gasteiger partial charge in [-0.2, -0.15) is 5.26 Å². The molecule has 2 aromatic carbocycles. The lowest BCUT2D eigenvalue weighted by Crippen LogP contribution is -1.96. The average Bonchev–Trinajstić information content (AvgIpc) is 2.82. The van der Waals surface area contributed by atoms with Gasteiger partial charge in [0.15, 0.2) is 5.75 Å². The third-order valence-corrected chi connectivity index (χ3v) is 3.48. The number of rotatable bonds is 2. The minimum Gasteiger partial charge on any atom is -0.455 e. The molecule has 19 heavy (non-hydrogen) atoms. The van der Waals surface area contributed by atoms with E-state index in [-0.39, 0.29) is 5.92 Å². The van der Waals surface area contributed by atoms with E-state index < -0.39 is 0 Å². The molecule has 0 bridgehead atoms. The summed E-state index contributed by atoms with van der Waals surface area (Å²) < 4.78 is 5.79. The molecule has 0 amide bonds. The number of para-hydroxylation sites is 1. The summed E-state index contributed by atoms with van der Waals surface area (Å²) in [6.07, 6.45) is 1.80. The van der Waals surface area contributed by atoms with Crippen molar-refractivity contribution in [2.75, 3.05) is 5.73 Å². The van der Waals surface area contributed by atoms with Crippen molar-refractivity contribution in [3.63, 3.8) is 0 Å². The predicted octanol–water partition coefficient (Wildman–Crippen LogP) is 3.61. The Hall–Kier alpha value is -2.47. The van der Waals surface area contributed by atoms with Gasteiger partial charge in [-0.1, -0.05) is 18.2 Å². The summed E-state index contributed by atoms with van der Waals surface area (Å²) in [5.41, 5.74) is 8.88. The summed E-state index contributed by atoms with van der Waals surface area (Å²) in [4.78, 5) is 0. The number of hydrogen-bond donors (Lipinski definition) is 1. The summed E-state index contributed by atoms with van der Waals surface area (Å²) in [5, 5.41) is 9.14. The minimum atomic E-state index is -0.0336. The number of nitrogens with zero attached hydrogens (tertiary/aromatic N) is 1. The molecule has 0 fully saturated rings. The van der Waals surface area contributed by atoms with E-state index in [1.807, 2.05) is 42.5 Å². The van der Waals surface area contributed by atoms with Gasteiger partial charge in [0, 0.05) is 0 Å². The number of benzene rings is 2. The van der Waals surface area contributed by atoms with Crippen LogP contribution in [0.25, 0.3) is 0 Å². The highest BCUT2D eigenvalue weighted by atomic mass is 16.5. The van der Waals surface area contributed by atoms with E-state index in [4.69, 9.17) is 15.7 Å². The molecular formula is C16H14N2O. The zero-order valence-corrected chi connectivity index (χ0v) is 10.5. The average molecular weight is 250 g/mol. The zero-order chi connectivity index (χ0) is 13.2. The normalized spacial score (nSPS) is 16.7. The van der Waals surface area contributed by atoms with Crippen LogP contribution in [0, 0.1) is 11.3 Å². The highest BCUT2D eigenvalue weighted by molar-refractivity contribution is 5.60. The number of nitrogen functional groups attached to an aromatic ring is 1. The maximum Gasteiger partial charge on any atom is 0.150 e. The molecule has 0 radical (unpaired) electrons. The Kier molecular flexibility index (Phi) is 2.85. The predicted molar refractivity (Wildman–Crippen MR) is 74.0 cm³/mol. The van der Waals surface area contributed by atoms with Crippen molar-refractivity contribution in [3.8, 4) is 17.6 Å². The van der Waals surface area contributed by atoms with Gasteiger partial charge in [0.1, 0.15) is 5.75 Å². The second-order valence-corrected chi connectivity index (χ2v) is 4.72. The lowest BCUT2D eigenvalue weighted by atomic mass is 10.0. The van der Waals surface area contributed by atoms with E-state index in [0.29, 0.717) is 11.4 Å². The molecule has 3 heteroatoms. The molecule has 0 aliphatic heterocycles. The molecule has 1 aliphatic carbocycles. The van der Waals surface area contributed by atoms with Crippen molar-refractivity contribution in [1.82, 2.24) is 0 Å². The van der Waals surface area contributed by atoms with Crippen LogP contribution < -0.4 is 10.5 Å². The Labute approximate surface area is 112 Å². The molecule has 1 atom stereocenters. The van der Waals surface area contributed by atoms with Crippen molar-refractivity contribution >= 4 is 5.69 Å². The van der Waals surface area contributed by atoms with Crippen molar-refractivity contribution < 1.29 is 4.74 Å². The molecule has 0 heterocycles. The van der Waals surface area contributed by atoms with Crippen LogP contribution in [0.1, 0.15) is 23.5 Å². The molecule has 3 rings (SSSR count). The van der Waals surface area contributed by atoms with Crippen LogP contribution >= 0.6 is 0 Å². The highest BCUT2D eigenvalue weighted by Crippen LogP contribution is 2.39. The monoisotopic (exact) mass is 250 g/mol. The summed E-state index contributed by atoms with van der Waals surface area (Å²) in [6.45, 7) is 0. The number of anilines is 1. The van der Waals surface area contributed by atoms with Gasteiger partial charge in [0.2, 0.25) is 0 Å². The van der Waals surface area contributed by atoms with E-state index in [2.05, 4.69) is 6.07 Å². The molecule has 2 aromatic rings. The Balaban J connectivity index is 1.97. The zero-order valence-electron chi connectivity index (χ0n) is 10.5. The van der Waals surface area contributed by atoms with Crippen LogP contribution in [-0.2, 0) is 6.42 Å². The van der Waals surface area contributed by atoms with Gasteiger partial charge in [-0.15, -0.1) is 0 Å². The van der Waals surface area contributed by atoms with Crippen molar-refractivity contribution in [2.24, 2.45) is 0 Å². The number of nitriles is 1. The molecule has 94 valence electrons. The SMILES string of the molecule is N#CC1CCc2cc(N)c(Oc3ccccc3)cc21. The first-order chi connectivity index (χ1) is 9.28. The number of aryl methyl sites for hydroxylation is 1. The topological polar surface area (TPSA) is 59.0 Å². The molecule has 2 N–H and O–H groups in total. The second kappa shape index (κ2) is 4.66. The van der Waals surface area contributed by atoms with Gasteiger partial charge in [-0.05, 0) is 48.2 Å². The van der Waals surface area contributed by atoms with Crippen LogP contribution in [0.5, 0.6) is 11.5 Å². The Morgan fingerprint density at radius 1 is 1.21 bits per heavy atom. The van der Waals surface area contributed by atoms with Gasteiger partial charge in [0.25, 0.3) is 0 Å². The van der Waals surface area contributed by atoms with Crippen LogP contribution in [0.2, 0.25) is 0 Å². The van der Waals surface area contributed by atoms with E-state index in [9.17, 15) is 0 Å².